The fourth-order valence-corrected chi connectivity index (χ4v) is 2.36. The highest BCUT2D eigenvalue weighted by molar-refractivity contribution is 6.18. The molecule has 1 aromatic heterocycles. The summed E-state index contributed by atoms with van der Waals surface area (Å²) in [6.07, 6.45) is 1.89. The predicted octanol–water partition coefficient (Wildman–Crippen LogP) is 3.68. The van der Waals surface area contributed by atoms with Gasteiger partial charge in [-0.3, -0.25) is 9.88 Å². The third-order valence-corrected chi connectivity index (χ3v) is 3.38. The van der Waals surface area contributed by atoms with Gasteiger partial charge in [0.15, 0.2) is 0 Å². The van der Waals surface area contributed by atoms with E-state index in [0.717, 1.165) is 18.6 Å². The Labute approximate surface area is 114 Å². The third-order valence-electron chi connectivity index (χ3n) is 3.21. The van der Waals surface area contributed by atoms with Crippen LogP contribution in [0.1, 0.15) is 19.4 Å². The number of halogens is 1. The number of aromatic nitrogens is 1. The van der Waals surface area contributed by atoms with E-state index in [4.69, 9.17) is 11.6 Å². The number of para-hydroxylation sites is 1. The van der Waals surface area contributed by atoms with Gasteiger partial charge < -0.3 is 0 Å². The van der Waals surface area contributed by atoms with Crippen molar-refractivity contribution in [3.05, 3.63) is 42.1 Å². The Balaban J connectivity index is 2.30. The Morgan fingerprint density at radius 2 is 2.00 bits per heavy atom. The van der Waals surface area contributed by atoms with Crippen molar-refractivity contribution in [1.29, 1.82) is 0 Å². The Bertz CT molecular complexity index is 505. The van der Waals surface area contributed by atoms with E-state index in [1.807, 2.05) is 12.3 Å². The molecule has 0 radical (unpaired) electrons. The molecule has 0 aliphatic carbocycles. The first kappa shape index (κ1) is 13.3. The summed E-state index contributed by atoms with van der Waals surface area (Å²) < 4.78 is 0. The van der Waals surface area contributed by atoms with Crippen LogP contribution in [-0.4, -0.2) is 28.4 Å². The number of fused-ring (bicyclic) bond motifs is 1. The van der Waals surface area contributed by atoms with Crippen LogP contribution in [0, 0.1) is 0 Å². The molecule has 18 heavy (non-hydrogen) atoms. The zero-order valence-corrected chi connectivity index (χ0v) is 11.7. The van der Waals surface area contributed by atoms with E-state index in [0.29, 0.717) is 11.9 Å². The Morgan fingerprint density at radius 1 is 1.22 bits per heavy atom. The first-order valence-corrected chi connectivity index (χ1v) is 6.88. The fraction of sp³-hybridized carbons (Fsp3) is 0.400. The Hall–Kier alpha value is -1.12. The molecule has 0 fully saturated rings. The van der Waals surface area contributed by atoms with Crippen LogP contribution >= 0.6 is 11.6 Å². The molecule has 1 heterocycles. The molecule has 0 atom stereocenters. The summed E-state index contributed by atoms with van der Waals surface area (Å²) in [5, 5.41) is 1.24. The lowest BCUT2D eigenvalue weighted by atomic mass is 10.1. The number of alkyl halides is 1. The van der Waals surface area contributed by atoms with Gasteiger partial charge in [0.05, 0.1) is 5.52 Å². The van der Waals surface area contributed by atoms with Crippen LogP contribution in [-0.2, 0) is 6.54 Å². The highest BCUT2D eigenvalue weighted by Crippen LogP contribution is 2.18. The van der Waals surface area contributed by atoms with Crippen molar-refractivity contribution in [2.24, 2.45) is 0 Å². The number of benzene rings is 1. The molecular weight excluding hydrogens is 244 g/mol. The minimum Gasteiger partial charge on any atom is -0.295 e. The maximum atomic E-state index is 5.87. The van der Waals surface area contributed by atoms with Crippen molar-refractivity contribution >= 4 is 22.5 Å². The zero-order chi connectivity index (χ0) is 13.0. The maximum absolute atomic E-state index is 5.87. The predicted molar refractivity (Wildman–Crippen MR) is 78.0 cm³/mol. The molecule has 0 spiro atoms. The van der Waals surface area contributed by atoms with E-state index in [1.165, 1.54) is 10.9 Å². The van der Waals surface area contributed by atoms with Gasteiger partial charge >= 0.3 is 0 Å². The molecule has 2 aromatic rings. The molecule has 3 heteroatoms. The highest BCUT2D eigenvalue weighted by Gasteiger charge is 2.11. The van der Waals surface area contributed by atoms with Crippen molar-refractivity contribution in [2.45, 2.75) is 26.4 Å². The number of pyridine rings is 1. The molecule has 1 aromatic carbocycles. The minimum atomic E-state index is 0.496. The molecule has 0 unspecified atom stereocenters. The van der Waals surface area contributed by atoms with Crippen LogP contribution in [0.4, 0.5) is 0 Å². The molecule has 0 aliphatic heterocycles. The third kappa shape index (κ3) is 3.01. The summed E-state index contributed by atoms with van der Waals surface area (Å²) in [6, 6.07) is 10.9. The van der Waals surface area contributed by atoms with E-state index >= 15 is 0 Å². The van der Waals surface area contributed by atoms with Gasteiger partial charge in [-0.25, -0.2) is 0 Å². The van der Waals surface area contributed by atoms with Crippen molar-refractivity contribution in [2.75, 3.05) is 12.4 Å². The lowest BCUT2D eigenvalue weighted by molar-refractivity contribution is 0.227. The number of nitrogens with zero attached hydrogens (tertiary/aromatic N) is 2. The van der Waals surface area contributed by atoms with Gasteiger partial charge in [0.2, 0.25) is 0 Å². The quantitative estimate of drug-likeness (QED) is 0.764. The van der Waals surface area contributed by atoms with E-state index in [2.05, 4.69) is 48.0 Å². The minimum absolute atomic E-state index is 0.496. The van der Waals surface area contributed by atoms with E-state index in [1.54, 1.807) is 0 Å². The van der Waals surface area contributed by atoms with Crippen LogP contribution < -0.4 is 0 Å². The van der Waals surface area contributed by atoms with Gasteiger partial charge in [-0.15, -0.1) is 11.6 Å². The Kier molecular flexibility index (Phi) is 4.56. The first-order chi connectivity index (χ1) is 8.72. The van der Waals surface area contributed by atoms with E-state index in [9.17, 15) is 0 Å². The number of rotatable bonds is 5. The average Bonchev–Trinajstić information content (AvgIpc) is 2.38. The van der Waals surface area contributed by atoms with Gasteiger partial charge in [0.25, 0.3) is 0 Å². The molecule has 0 aliphatic rings. The second-order valence-electron chi connectivity index (χ2n) is 4.74. The lowest BCUT2D eigenvalue weighted by Crippen LogP contribution is -2.32. The molecule has 96 valence electrons. The molecular formula is C15H19ClN2. The molecule has 0 N–H and O–H groups in total. The number of hydrogen-bond acceptors (Lipinski definition) is 2. The van der Waals surface area contributed by atoms with Gasteiger partial charge in [-0.1, -0.05) is 18.2 Å². The van der Waals surface area contributed by atoms with Crippen LogP contribution in [0.5, 0.6) is 0 Å². The second kappa shape index (κ2) is 6.17. The summed E-state index contributed by atoms with van der Waals surface area (Å²) in [5.74, 6) is 0.668. The molecule has 2 nitrogen and oxygen atoms in total. The summed E-state index contributed by atoms with van der Waals surface area (Å²) in [5.41, 5.74) is 2.38. The lowest BCUT2D eigenvalue weighted by Gasteiger charge is -2.26. The van der Waals surface area contributed by atoms with Crippen LogP contribution in [0.15, 0.2) is 36.5 Å². The zero-order valence-electron chi connectivity index (χ0n) is 10.9. The van der Waals surface area contributed by atoms with Crippen molar-refractivity contribution in [1.82, 2.24) is 9.88 Å². The molecule has 0 bridgehead atoms. The molecule has 0 saturated carbocycles. The summed E-state index contributed by atoms with van der Waals surface area (Å²) in [7, 11) is 0. The van der Waals surface area contributed by atoms with Crippen LogP contribution in [0.2, 0.25) is 0 Å². The second-order valence-corrected chi connectivity index (χ2v) is 5.12. The van der Waals surface area contributed by atoms with Crippen molar-refractivity contribution in [3.63, 3.8) is 0 Å². The van der Waals surface area contributed by atoms with Gasteiger partial charge in [0.1, 0.15) is 0 Å². The molecule has 2 rings (SSSR count). The fourth-order valence-electron chi connectivity index (χ4n) is 2.14. The smallest absolute Gasteiger partial charge is 0.0705 e. The largest absolute Gasteiger partial charge is 0.295 e. The monoisotopic (exact) mass is 262 g/mol. The molecule has 0 saturated heterocycles. The van der Waals surface area contributed by atoms with Gasteiger partial charge in [-0.05, 0) is 31.5 Å². The molecule has 0 amide bonds. The summed E-state index contributed by atoms with van der Waals surface area (Å²) in [4.78, 5) is 6.78. The first-order valence-electron chi connectivity index (χ1n) is 6.35. The Morgan fingerprint density at radius 3 is 2.72 bits per heavy atom. The van der Waals surface area contributed by atoms with E-state index in [-0.39, 0.29) is 0 Å². The van der Waals surface area contributed by atoms with Crippen LogP contribution in [0.3, 0.4) is 0 Å². The summed E-state index contributed by atoms with van der Waals surface area (Å²) >= 11 is 5.87. The number of hydrogen-bond donors (Lipinski definition) is 0. The van der Waals surface area contributed by atoms with E-state index < -0.39 is 0 Å². The van der Waals surface area contributed by atoms with Gasteiger partial charge in [0, 0.05) is 36.6 Å². The maximum Gasteiger partial charge on any atom is 0.0705 e. The SMILES string of the molecule is CC(C)N(CCCl)Cc1ccnc2ccccc12. The highest BCUT2D eigenvalue weighted by atomic mass is 35.5. The van der Waals surface area contributed by atoms with Crippen molar-refractivity contribution < 1.29 is 0 Å². The van der Waals surface area contributed by atoms with Gasteiger partial charge in [-0.2, -0.15) is 0 Å². The average molecular weight is 263 g/mol. The van der Waals surface area contributed by atoms with Crippen LogP contribution in [0.25, 0.3) is 10.9 Å². The van der Waals surface area contributed by atoms with Crippen molar-refractivity contribution in [3.8, 4) is 0 Å². The topological polar surface area (TPSA) is 16.1 Å². The standard InChI is InChI=1S/C15H19ClN2/c1-12(2)18(10-8-16)11-13-7-9-17-15-6-4-3-5-14(13)15/h3-7,9,12H,8,10-11H2,1-2H3. The normalized spacial score (nSPS) is 11.6. The summed E-state index contributed by atoms with van der Waals surface area (Å²) in [6.45, 7) is 6.25.